The predicted octanol–water partition coefficient (Wildman–Crippen LogP) is 4.49. The molecule has 0 radical (unpaired) electrons. The Bertz CT molecular complexity index is 1370. The van der Waals surface area contributed by atoms with Crippen LogP contribution in [0, 0.1) is 40.2 Å². The molecule has 0 unspecified atom stereocenters. The van der Waals surface area contributed by atoms with Crippen LogP contribution in [0.15, 0.2) is 30.5 Å². The Kier molecular flexibility index (Phi) is 5.90. The Hall–Kier alpha value is -4.09. The van der Waals surface area contributed by atoms with Crippen LogP contribution in [-0.2, 0) is 0 Å². The molecule has 0 aliphatic carbocycles. The van der Waals surface area contributed by atoms with Gasteiger partial charge in [-0.1, -0.05) is 5.92 Å². The predicted molar refractivity (Wildman–Crippen MR) is 120 cm³/mol. The number of pyridine rings is 2. The van der Waals surface area contributed by atoms with Crippen molar-refractivity contribution in [2.45, 2.75) is 20.3 Å². The maximum absolute atomic E-state index is 15.1. The second kappa shape index (κ2) is 8.69. The van der Waals surface area contributed by atoms with E-state index in [1.54, 1.807) is 20.9 Å². The van der Waals surface area contributed by atoms with Gasteiger partial charge in [-0.15, -0.1) is 5.53 Å². The molecule has 0 bridgehead atoms. The number of rotatable bonds is 4. The van der Waals surface area contributed by atoms with Crippen LogP contribution in [0.3, 0.4) is 0 Å². The summed E-state index contributed by atoms with van der Waals surface area (Å²) in [7, 11) is 1.65. The molecule has 1 aliphatic rings. The van der Waals surface area contributed by atoms with Crippen molar-refractivity contribution in [1.29, 1.82) is 5.26 Å². The smallest absolute Gasteiger partial charge is 0.256 e. The third-order valence-electron chi connectivity index (χ3n) is 5.11. The average molecular weight is 469 g/mol. The van der Waals surface area contributed by atoms with Crippen molar-refractivity contribution in [2.75, 3.05) is 28.9 Å². The molecular formula is C23H19F4N7. The lowest BCUT2D eigenvalue weighted by Gasteiger charge is -2.26. The third-order valence-corrected chi connectivity index (χ3v) is 5.11. The van der Waals surface area contributed by atoms with Gasteiger partial charge in [0.25, 0.3) is 6.43 Å². The molecule has 2 N–H and O–H groups in total. The van der Waals surface area contributed by atoms with E-state index in [4.69, 9.17) is 5.26 Å². The van der Waals surface area contributed by atoms with Crippen molar-refractivity contribution in [2.24, 2.45) is 5.41 Å². The summed E-state index contributed by atoms with van der Waals surface area (Å²) in [6.45, 7) is 2.41. The van der Waals surface area contributed by atoms with Crippen molar-refractivity contribution in [1.82, 2.24) is 15.5 Å². The van der Waals surface area contributed by atoms with Crippen LogP contribution >= 0.6 is 0 Å². The van der Waals surface area contributed by atoms with Crippen LogP contribution in [0.25, 0.3) is 10.8 Å². The van der Waals surface area contributed by atoms with Gasteiger partial charge in [0.2, 0.25) is 0 Å². The SMILES string of the molecule is CN1NNc2nc(N(CC(F)F)c3ccnc(C#CC(C)(C)C#N)c3)c3c(F)c(F)ccc3c21. The van der Waals surface area contributed by atoms with Crippen LogP contribution in [0.1, 0.15) is 19.5 Å². The van der Waals surface area contributed by atoms with Gasteiger partial charge in [0.1, 0.15) is 22.6 Å². The van der Waals surface area contributed by atoms with Gasteiger partial charge in [-0.05, 0) is 44.0 Å². The first-order chi connectivity index (χ1) is 16.1. The van der Waals surface area contributed by atoms with Gasteiger partial charge in [-0.3, -0.25) is 10.4 Å². The fourth-order valence-corrected chi connectivity index (χ4v) is 3.48. The first kappa shape index (κ1) is 23.1. The number of benzene rings is 1. The fraction of sp³-hybridized carbons (Fsp3) is 0.261. The van der Waals surface area contributed by atoms with E-state index in [9.17, 15) is 13.2 Å². The highest BCUT2D eigenvalue weighted by Crippen LogP contribution is 2.42. The summed E-state index contributed by atoms with van der Waals surface area (Å²) in [4.78, 5) is 9.57. The quantitative estimate of drug-likeness (QED) is 0.430. The fourth-order valence-electron chi connectivity index (χ4n) is 3.48. The first-order valence-electron chi connectivity index (χ1n) is 10.1. The van der Waals surface area contributed by atoms with Crippen molar-refractivity contribution >= 4 is 33.8 Å². The molecule has 3 aromatic rings. The summed E-state index contributed by atoms with van der Waals surface area (Å²) < 4.78 is 56.7. The van der Waals surface area contributed by atoms with E-state index in [-0.39, 0.29) is 33.8 Å². The molecule has 0 saturated carbocycles. The van der Waals surface area contributed by atoms with Crippen LogP contribution in [0.5, 0.6) is 0 Å². The lowest BCUT2D eigenvalue weighted by atomic mass is 9.97. The van der Waals surface area contributed by atoms with E-state index >= 15 is 4.39 Å². The number of halogens is 4. The van der Waals surface area contributed by atoms with Crippen molar-refractivity contribution in [3.8, 4) is 17.9 Å². The number of hydrogen-bond acceptors (Lipinski definition) is 7. The van der Waals surface area contributed by atoms with Crippen LogP contribution in [0.4, 0.5) is 40.6 Å². The summed E-state index contributed by atoms with van der Waals surface area (Å²) in [5.74, 6) is 3.26. The molecule has 34 heavy (non-hydrogen) atoms. The highest BCUT2D eigenvalue weighted by molar-refractivity contribution is 6.06. The molecule has 0 fully saturated rings. The molecule has 0 saturated heterocycles. The number of aromatic nitrogens is 2. The number of nitriles is 1. The Balaban J connectivity index is 1.94. The summed E-state index contributed by atoms with van der Waals surface area (Å²) in [6.07, 6.45) is -1.47. The molecule has 1 aromatic carbocycles. The zero-order chi connectivity index (χ0) is 24.6. The number of nitrogens with zero attached hydrogens (tertiary/aromatic N) is 5. The number of fused-ring (bicyclic) bond motifs is 3. The van der Waals surface area contributed by atoms with Crippen molar-refractivity contribution in [3.05, 3.63) is 47.8 Å². The number of hydrazine groups is 2. The van der Waals surface area contributed by atoms with E-state index in [1.807, 2.05) is 6.07 Å². The first-order valence-corrected chi connectivity index (χ1v) is 10.1. The van der Waals surface area contributed by atoms with Gasteiger partial charge in [0.15, 0.2) is 17.5 Å². The zero-order valence-electron chi connectivity index (χ0n) is 18.4. The molecule has 0 spiro atoms. The normalized spacial score (nSPS) is 12.7. The Morgan fingerprint density at radius 2 is 2.00 bits per heavy atom. The second-order valence-corrected chi connectivity index (χ2v) is 8.10. The van der Waals surface area contributed by atoms with Gasteiger partial charge >= 0.3 is 0 Å². The van der Waals surface area contributed by atoms with E-state index in [0.717, 1.165) is 11.0 Å². The van der Waals surface area contributed by atoms with Crippen molar-refractivity contribution < 1.29 is 17.6 Å². The minimum absolute atomic E-state index is 0.196. The van der Waals surface area contributed by atoms with E-state index in [2.05, 4.69) is 32.8 Å². The Labute approximate surface area is 193 Å². The highest BCUT2D eigenvalue weighted by Gasteiger charge is 2.29. The van der Waals surface area contributed by atoms with Gasteiger partial charge in [0.05, 0.1) is 18.0 Å². The van der Waals surface area contributed by atoms with Crippen LogP contribution < -0.4 is 20.9 Å². The van der Waals surface area contributed by atoms with Gasteiger partial charge in [0, 0.05) is 24.3 Å². The molecule has 3 heterocycles. The summed E-state index contributed by atoms with van der Waals surface area (Å²) in [6, 6.07) is 7.26. The summed E-state index contributed by atoms with van der Waals surface area (Å²) in [5, 5.41) is 10.7. The molecule has 0 atom stereocenters. The number of alkyl halides is 2. The minimum Gasteiger partial charge on any atom is -0.320 e. The van der Waals surface area contributed by atoms with Crippen LogP contribution in [0.2, 0.25) is 0 Å². The number of nitrogens with one attached hydrogen (secondary N) is 2. The monoisotopic (exact) mass is 469 g/mol. The molecular weight excluding hydrogens is 450 g/mol. The van der Waals surface area contributed by atoms with E-state index in [0.29, 0.717) is 5.69 Å². The van der Waals surface area contributed by atoms with Crippen LogP contribution in [-0.4, -0.2) is 30.0 Å². The maximum Gasteiger partial charge on any atom is 0.256 e. The van der Waals surface area contributed by atoms with Gasteiger partial charge in [-0.2, -0.15) is 5.26 Å². The molecule has 7 nitrogen and oxygen atoms in total. The van der Waals surface area contributed by atoms with Gasteiger partial charge in [-0.25, -0.2) is 27.5 Å². The largest absolute Gasteiger partial charge is 0.320 e. The molecule has 2 aromatic heterocycles. The molecule has 1 aliphatic heterocycles. The lowest BCUT2D eigenvalue weighted by Crippen LogP contribution is -2.31. The lowest BCUT2D eigenvalue weighted by molar-refractivity contribution is 0.158. The molecule has 11 heteroatoms. The average Bonchev–Trinajstić information content (AvgIpc) is 3.18. The highest BCUT2D eigenvalue weighted by atomic mass is 19.3. The number of anilines is 4. The number of hydrogen-bond donors (Lipinski definition) is 2. The van der Waals surface area contributed by atoms with Gasteiger partial charge < -0.3 is 4.90 Å². The minimum atomic E-state index is -2.82. The Morgan fingerprint density at radius 3 is 2.71 bits per heavy atom. The summed E-state index contributed by atoms with van der Waals surface area (Å²) in [5.41, 5.74) is 5.50. The zero-order valence-corrected chi connectivity index (χ0v) is 18.4. The maximum atomic E-state index is 15.1. The molecule has 4 rings (SSSR count). The summed E-state index contributed by atoms with van der Waals surface area (Å²) >= 11 is 0. The molecule has 174 valence electrons. The second-order valence-electron chi connectivity index (χ2n) is 8.10. The molecule has 0 amide bonds. The standard InChI is InChI=1S/C23H19F4N7/c1-23(2,12-28)8-6-13-10-14(7-9-29-13)34(11-17(25)26)22-18-15(4-5-16(24)19(18)27)20-21(30-22)31-32-33(20)3/h4-5,7,9-10,17,32H,11H2,1-3H3,(H,30,31). The Morgan fingerprint density at radius 1 is 1.24 bits per heavy atom. The van der Waals surface area contributed by atoms with E-state index < -0.39 is 30.0 Å². The topological polar surface area (TPSA) is 80.1 Å². The third kappa shape index (κ3) is 4.26. The van der Waals surface area contributed by atoms with E-state index in [1.165, 1.54) is 29.4 Å². The van der Waals surface area contributed by atoms with Crippen molar-refractivity contribution in [3.63, 3.8) is 0 Å².